The Labute approximate surface area is 278 Å². The number of rotatable bonds is 3. The molecule has 0 aliphatic rings. The van der Waals surface area contributed by atoms with Crippen LogP contribution in [0, 0.1) is 0 Å². The van der Waals surface area contributed by atoms with Gasteiger partial charge in [0.05, 0.1) is 11.2 Å². The van der Waals surface area contributed by atoms with Crippen molar-refractivity contribution in [2.75, 3.05) is 0 Å². The lowest BCUT2D eigenvalue weighted by Gasteiger charge is -2.15. The van der Waals surface area contributed by atoms with Crippen LogP contribution in [0.25, 0.3) is 98.3 Å². The Bertz CT molecular complexity index is 2880. The summed E-state index contributed by atoms with van der Waals surface area (Å²) in [6.45, 7) is 0. The number of pyridine rings is 1. The predicted octanol–water partition coefficient (Wildman–Crippen LogP) is 13.0. The highest BCUT2D eigenvalue weighted by atomic mass is 14.7. The van der Waals surface area contributed by atoms with Crippen LogP contribution in [0.4, 0.5) is 0 Å². The van der Waals surface area contributed by atoms with Crippen LogP contribution in [0.2, 0.25) is 0 Å². The third-order valence-corrected chi connectivity index (χ3v) is 10.0. The van der Waals surface area contributed by atoms with Gasteiger partial charge in [0.2, 0.25) is 0 Å². The summed E-state index contributed by atoms with van der Waals surface area (Å²) in [6, 6.07) is 64.1. The van der Waals surface area contributed by atoms with E-state index in [4.69, 9.17) is 4.98 Å². The van der Waals surface area contributed by atoms with Gasteiger partial charge in [-0.25, -0.2) is 4.98 Å². The first-order valence-electron chi connectivity index (χ1n) is 16.5. The Morgan fingerprint density at radius 1 is 0.271 bits per heavy atom. The van der Waals surface area contributed by atoms with E-state index in [-0.39, 0.29) is 0 Å². The molecular formula is C47H29N. The Hall–Kier alpha value is -6.31. The molecule has 48 heavy (non-hydrogen) atoms. The molecule has 0 aliphatic heterocycles. The van der Waals surface area contributed by atoms with E-state index in [1.165, 1.54) is 76.1 Å². The molecule has 10 aromatic rings. The molecule has 0 saturated heterocycles. The second kappa shape index (κ2) is 10.6. The van der Waals surface area contributed by atoms with Crippen molar-refractivity contribution in [3.8, 4) is 33.5 Å². The van der Waals surface area contributed by atoms with Crippen molar-refractivity contribution in [2.45, 2.75) is 0 Å². The molecule has 0 radical (unpaired) electrons. The number of hydrogen-bond acceptors (Lipinski definition) is 1. The van der Waals surface area contributed by atoms with Crippen LogP contribution < -0.4 is 0 Å². The van der Waals surface area contributed by atoms with Crippen LogP contribution in [0.3, 0.4) is 0 Å². The fraction of sp³-hybridized carbons (Fsp3) is 0. The summed E-state index contributed by atoms with van der Waals surface area (Å²) in [7, 11) is 0. The monoisotopic (exact) mass is 607 g/mol. The number of aromatic nitrogens is 1. The molecule has 222 valence electrons. The van der Waals surface area contributed by atoms with Gasteiger partial charge < -0.3 is 0 Å². The summed E-state index contributed by atoms with van der Waals surface area (Å²) in [5.74, 6) is 0. The molecule has 0 atom stereocenters. The average molecular weight is 608 g/mol. The summed E-state index contributed by atoms with van der Waals surface area (Å²) in [5.41, 5.74) is 8.09. The van der Waals surface area contributed by atoms with E-state index in [0.29, 0.717) is 0 Å². The standard InChI is InChI=1S/C47H29N/c1-2-11-32-27-33(18-17-30(32)9-1)34-19-22-41-42-23-20-35(29-45(42)40-15-7-6-14-39(40)44(41)28-34)36-24-25-43(38-13-5-4-12-37(36)38)47-26-21-31-10-3-8-16-46(31)48-47/h1-29H. The lowest BCUT2D eigenvalue weighted by Crippen LogP contribution is -1.90. The molecule has 0 N–H and O–H groups in total. The summed E-state index contributed by atoms with van der Waals surface area (Å²) < 4.78 is 0. The molecule has 0 fully saturated rings. The van der Waals surface area contributed by atoms with Crippen LogP contribution in [0.15, 0.2) is 176 Å². The molecule has 0 amide bonds. The summed E-state index contributed by atoms with van der Waals surface area (Å²) in [6.07, 6.45) is 0. The van der Waals surface area contributed by atoms with E-state index in [2.05, 4.69) is 176 Å². The maximum Gasteiger partial charge on any atom is 0.0715 e. The largest absolute Gasteiger partial charge is 0.248 e. The van der Waals surface area contributed by atoms with Crippen LogP contribution in [-0.2, 0) is 0 Å². The fourth-order valence-corrected chi connectivity index (χ4v) is 7.66. The summed E-state index contributed by atoms with van der Waals surface area (Å²) >= 11 is 0. The first-order chi connectivity index (χ1) is 23.8. The third-order valence-electron chi connectivity index (χ3n) is 10.0. The van der Waals surface area contributed by atoms with E-state index in [0.717, 1.165) is 22.2 Å². The second-order valence-electron chi connectivity index (χ2n) is 12.7. The topological polar surface area (TPSA) is 12.9 Å². The minimum atomic E-state index is 0.996. The van der Waals surface area contributed by atoms with E-state index in [9.17, 15) is 0 Å². The molecule has 1 aromatic heterocycles. The zero-order valence-electron chi connectivity index (χ0n) is 26.2. The van der Waals surface area contributed by atoms with Gasteiger partial charge in [0, 0.05) is 10.9 Å². The maximum absolute atomic E-state index is 5.04. The number of fused-ring (bicyclic) bond motifs is 9. The Kier molecular flexibility index (Phi) is 5.94. The molecule has 0 bridgehead atoms. The zero-order chi connectivity index (χ0) is 31.6. The average Bonchev–Trinajstić information content (AvgIpc) is 3.17. The number of hydrogen-bond donors (Lipinski definition) is 0. The molecule has 9 aromatic carbocycles. The van der Waals surface area contributed by atoms with Gasteiger partial charge in [-0.05, 0) is 106 Å². The van der Waals surface area contributed by atoms with E-state index >= 15 is 0 Å². The summed E-state index contributed by atoms with van der Waals surface area (Å²) in [5, 5.41) is 13.8. The Balaban J connectivity index is 1.15. The van der Waals surface area contributed by atoms with Crippen LogP contribution in [0.1, 0.15) is 0 Å². The highest BCUT2D eigenvalue weighted by molar-refractivity contribution is 6.26. The minimum absolute atomic E-state index is 0.996. The Morgan fingerprint density at radius 2 is 0.771 bits per heavy atom. The molecule has 10 rings (SSSR count). The van der Waals surface area contributed by atoms with Crippen molar-refractivity contribution in [1.82, 2.24) is 4.98 Å². The highest BCUT2D eigenvalue weighted by Crippen LogP contribution is 2.41. The van der Waals surface area contributed by atoms with Gasteiger partial charge in [-0.15, -0.1) is 0 Å². The molecule has 0 unspecified atom stereocenters. The van der Waals surface area contributed by atoms with Crippen molar-refractivity contribution in [3.05, 3.63) is 176 Å². The molecule has 1 heterocycles. The zero-order valence-corrected chi connectivity index (χ0v) is 26.2. The lowest BCUT2D eigenvalue weighted by molar-refractivity contribution is 1.41. The maximum atomic E-state index is 5.04. The van der Waals surface area contributed by atoms with Crippen molar-refractivity contribution in [2.24, 2.45) is 0 Å². The van der Waals surface area contributed by atoms with Crippen LogP contribution in [-0.4, -0.2) is 4.98 Å². The Morgan fingerprint density at radius 3 is 1.54 bits per heavy atom. The smallest absolute Gasteiger partial charge is 0.0715 e. The van der Waals surface area contributed by atoms with Crippen molar-refractivity contribution in [3.63, 3.8) is 0 Å². The summed E-state index contributed by atoms with van der Waals surface area (Å²) in [4.78, 5) is 5.04. The van der Waals surface area contributed by atoms with Crippen molar-refractivity contribution >= 4 is 64.8 Å². The molecule has 0 saturated carbocycles. The van der Waals surface area contributed by atoms with Crippen LogP contribution in [0.5, 0.6) is 0 Å². The normalized spacial score (nSPS) is 11.8. The van der Waals surface area contributed by atoms with E-state index in [1.54, 1.807) is 0 Å². The minimum Gasteiger partial charge on any atom is -0.248 e. The van der Waals surface area contributed by atoms with Gasteiger partial charge in [0.15, 0.2) is 0 Å². The van der Waals surface area contributed by atoms with Gasteiger partial charge in [-0.1, -0.05) is 146 Å². The molecule has 0 spiro atoms. The number of benzene rings is 9. The first kappa shape index (κ1) is 26.9. The molecule has 1 nitrogen and oxygen atoms in total. The predicted molar refractivity (Wildman–Crippen MR) is 206 cm³/mol. The molecule has 0 aliphatic carbocycles. The quantitative estimate of drug-likeness (QED) is 0.182. The van der Waals surface area contributed by atoms with Crippen molar-refractivity contribution in [1.29, 1.82) is 0 Å². The van der Waals surface area contributed by atoms with Gasteiger partial charge >= 0.3 is 0 Å². The van der Waals surface area contributed by atoms with Gasteiger partial charge in [0.25, 0.3) is 0 Å². The van der Waals surface area contributed by atoms with Gasteiger partial charge in [-0.3, -0.25) is 0 Å². The van der Waals surface area contributed by atoms with Gasteiger partial charge in [-0.2, -0.15) is 0 Å². The van der Waals surface area contributed by atoms with Gasteiger partial charge in [0.1, 0.15) is 0 Å². The third kappa shape index (κ3) is 4.22. The first-order valence-corrected chi connectivity index (χ1v) is 16.5. The van der Waals surface area contributed by atoms with Crippen molar-refractivity contribution < 1.29 is 0 Å². The molecule has 1 heteroatoms. The molecular weight excluding hydrogens is 579 g/mol. The highest BCUT2D eigenvalue weighted by Gasteiger charge is 2.14. The second-order valence-corrected chi connectivity index (χ2v) is 12.7. The van der Waals surface area contributed by atoms with E-state index < -0.39 is 0 Å². The SMILES string of the molecule is c1ccc2cc(-c3ccc4c5ccc(-c6ccc(-c7ccc8ccccc8n7)c7ccccc67)cc5c5ccccc5c4c3)ccc2c1. The number of para-hydroxylation sites is 1. The van der Waals surface area contributed by atoms with Crippen LogP contribution >= 0.6 is 0 Å². The lowest BCUT2D eigenvalue weighted by atomic mass is 9.89. The number of nitrogens with zero attached hydrogens (tertiary/aromatic N) is 1. The fourth-order valence-electron chi connectivity index (χ4n) is 7.66. The van der Waals surface area contributed by atoms with E-state index in [1.807, 2.05) is 0 Å².